The standard InChI is InChI=1S/C17H19NO5/c1-13(17(20)21)18-10-5-9-15(16(18)19)23-12-6-11-22-14-7-3-2-4-8-14/h2-5,7-10,13H,6,11-12H2,1H3,(H,20,21). The SMILES string of the molecule is CC(C(=O)O)n1cccc(OCCCOc2ccccc2)c1=O. The van der Waals surface area contributed by atoms with Crippen LogP contribution in [0, 0.1) is 0 Å². The van der Waals surface area contributed by atoms with Crippen LogP contribution in [0.15, 0.2) is 53.5 Å². The van der Waals surface area contributed by atoms with Gasteiger partial charge in [0, 0.05) is 12.6 Å². The van der Waals surface area contributed by atoms with Crippen molar-refractivity contribution in [2.45, 2.75) is 19.4 Å². The Morgan fingerprint density at radius 3 is 2.52 bits per heavy atom. The lowest BCUT2D eigenvalue weighted by Crippen LogP contribution is -2.28. The molecule has 1 heterocycles. The van der Waals surface area contributed by atoms with Crippen LogP contribution >= 0.6 is 0 Å². The van der Waals surface area contributed by atoms with E-state index >= 15 is 0 Å². The molecule has 2 aromatic rings. The molecule has 0 fully saturated rings. The van der Waals surface area contributed by atoms with E-state index in [2.05, 4.69) is 0 Å². The Bertz CT molecular complexity index is 696. The Hall–Kier alpha value is -2.76. The zero-order valence-electron chi connectivity index (χ0n) is 12.8. The van der Waals surface area contributed by atoms with E-state index < -0.39 is 17.6 Å². The predicted octanol–water partition coefficient (Wildman–Crippen LogP) is 2.34. The maximum absolute atomic E-state index is 12.1. The van der Waals surface area contributed by atoms with Gasteiger partial charge in [-0.25, -0.2) is 4.79 Å². The third kappa shape index (κ3) is 4.60. The molecule has 1 N–H and O–H groups in total. The second-order valence-corrected chi connectivity index (χ2v) is 4.96. The molecule has 0 amide bonds. The second kappa shape index (κ2) is 8.03. The summed E-state index contributed by atoms with van der Waals surface area (Å²) in [5.74, 6) is -0.148. The van der Waals surface area contributed by atoms with Gasteiger partial charge in [-0.3, -0.25) is 9.36 Å². The van der Waals surface area contributed by atoms with Gasteiger partial charge in [-0.1, -0.05) is 18.2 Å². The molecule has 23 heavy (non-hydrogen) atoms. The summed E-state index contributed by atoms with van der Waals surface area (Å²) in [6.07, 6.45) is 2.05. The maximum atomic E-state index is 12.1. The normalized spacial score (nSPS) is 11.7. The number of benzene rings is 1. The molecule has 6 heteroatoms. The van der Waals surface area contributed by atoms with Gasteiger partial charge in [-0.15, -0.1) is 0 Å². The van der Waals surface area contributed by atoms with Crippen molar-refractivity contribution in [1.82, 2.24) is 4.57 Å². The minimum absolute atomic E-state index is 0.139. The number of ether oxygens (including phenoxy) is 2. The Balaban J connectivity index is 1.85. The summed E-state index contributed by atoms with van der Waals surface area (Å²) in [7, 11) is 0. The highest BCUT2D eigenvalue weighted by atomic mass is 16.5. The molecule has 2 rings (SSSR count). The topological polar surface area (TPSA) is 77.8 Å². The Kier molecular flexibility index (Phi) is 5.80. The van der Waals surface area contributed by atoms with Crippen molar-refractivity contribution in [1.29, 1.82) is 0 Å². The molecule has 0 saturated carbocycles. The first-order valence-corrected chi connectivity index (χ1v) is 7.34. The highest BCUT2D eigenvalue weighted by molar-refractivity contribution is 5.71. The summed E-state index contributed by atoms with van der Waals surface area (Å²) in [4.78, 5) is 23.1. The second-order valence-electron chi connectivity index (χ2n) is 4.96. The summed E-state index contributed by atoms with van der Waals surface area (Å²) in [6.45, 7) is 2.23. The molecule has 1 aromatic carbocycles. The van der Waals surface area contributed by atoms with Crippen molar-refractivity contribution in [2.24, 2.45) is 0 Å². The lowest BCUT2D eigenvalue weighted by atomic mass is 10.3. The number of para-hydroxylation sites is 1. The molecule has 122 valence electrons. The molecule has 0 aliphatic heterocycles. The van der Waals surface area contributed by atoms with Crippen molar-refractivity contribution >= 4 is 5.97 Å². The predicted molar refractivity (Wildman–Crippen MR) is 85.1 cm³/mol. The molecule has 0 bridgehead atoms. The van der Waals surface area contributed by atoms with Crippen LogP contribution in [0.2, 0.25) is 0 Å². The molecule has 1 unspecified atom stereocenters. The van der Waals surface area contributed by atoms with Crippen molar-refractivity contribution in [2.75, 3.05) is 13.2 Å². The van der Waals surface area contributed by atoms with Crippen LogP contribution < -0.4 is 15.0 Å². The number of hydrogen-bond acceptors (Lipinski definition) is 4. The van der Waals surface area contributed by atoms with Gasteiger partial charge < -0.3 is 14.6 Å². The fraction of sp³-hybridized carbons (Fsp3) is 0.294. The minimum atomic E-state index is -1.07. The van der Waals surface area contributed by atoms with Crippen molar-refractivity contribution < 1.29 is 19.4 Å². The first-order chi connectivity index (χ1) is 11.1. The van der Waals surface area contributed by atoms with E-state index in [-0.39, 0.29) is 5.75 Å². The van der Waals surface area contributed by atoms with Crippen molar-refractivity contribution in [3.05, 3.63) is 59.0 Å². The summed E-state index contributed by atoms with van der Waals surface area (Å²) in [5.41, 5.74) is -0.452. The molecular formula is C17H19NO5. The highest BCUT2D eigenvalue weighted by Gasteiger charge is 2.16. The van der Waals surface area contributed by atoms with Crippen LogP contribution in [-0.4, -0.2) is 28.9 Å². The number of aromatic nitrogens is 1. The number of rotatable bonds is 8. The van der Waals surface area contributed by atoms with Crippen molar-refractivity contribution in [3.63, 3.8) is 0 Å². The molecule has 0 spiro atoms. The first-order valence-electron chi connectivity index (χ1n) is 7.34. The van der Waals surface area contributed by atoms with E-state index in [0.717, 1.165) is 10.3 Å². The summed E-state index contributed by atoms with van der Waals surface area (Å²) in [5, 5.41) is 8.99. The van der Waals surface area contributed by atoms with Gasteiger partial charge in [0.15, 0.2) is 5.75 Å². The number of carbonyl (C=O) groups is 1. The molecular weight excluding hydrogens is 298 g/mol. The van der Waals surface area contributed by atoms with E-state index in [4.69, 9.17) is 14.6 Å². The Morgan fingerprint density at radius 1 is 1.13 bits per heavy atom. The molecule has 1 atom stereocenters. The van der Waals surface area contributed by atoms with E-state index in [0.29, 0.717) is 19.6 Å². The number of pyridine rings is 1. The van der Waals surface area contributed by atoms with E-state index in [1.807, 2.05) is 30.3 Å². The molecule has 0 radical (unpaired) electrons. The van der Waals surface area contributed by atoms with E-state index in [9.17, 15) is 9.59 Å². The number of carboxylic acids is 1. The average molecular weight is 317 g/mol. The van der Waals surface area contributed by atoms with Crippen LogP contribution in [-0.2, 0) is 4.79 Å². The van der Waals surface area contributed by atoms with Gasteiger partial charge in [0.05, 0.1) is 13.2 Å². The van der Waals surface area contributed by atoms with Crippen LogP contribution in [0.4, 0.5) is 0 Å². The fourth-order valence-corrected chi connectivity index (χ4v) is 1.97. The van der Waals surface area contributed by atoms with E-state index in [1.54, 1.807) is 6.07 Å². The van der Waals surface area contributed by atoms with Crippen LogP contribution in [0.25, 0.3) is 0 Å². The number of hydrogen-bond donors (Lipinski definition) is 1. The van der Waals surface area contributed by atoms with E-state index in [1.165, 1.54) is 19.2 Å². The molecule has 0 saturated heterocycles. The van der Waals surface area contributed by atoms with Gasteiger partial charge in [0.25, 0.3) is 5.56 Å². The maximum Gasteiger partial charge on any atom is 0.326 e. The van der Waals surface area contributed by atoms with Gasteiger partial charge in [0.2, 0.25) is 0 Å². The zero-order chi connectivity index (χ0) is 16.7. The van der Waals surface area contributed by atoms with Crippen LogP contribution in [0.3, 0.4) is 0 Å². The Labute approximate surface area is 133 Å². The zero-order valence-corrected chi connectivity index (χ0v) is 12.8. The molecule has 0 aliphatic carbocycles. The van der Waals surface area contributed by atoms with Gasteiger partial charge in [-0.05, 0) is 31.2 Å². The van der Waals surface area contributed by atoms with Gasteiger partial charge in [-0.2, -0.15) is 0 Å². The molecule has 0 aliphatic rings. The van der Waals surface area contributed by atoms with Crippen LogP contribution in [0.1, 0.15) is 19.4 Å². The lowest BCUT2D eigenvalue weighted by molar-refractivity contribution is -0.140. The third-order valence-electron chi connectivity index (χ3n) is 3.27. The number of aliphatic carboxylic acids is 1. The summed E-state index contributed by atoms with van der Waals surface area (Å²) >= 11 is 0. The molecule has 6 nitrogen and oxygen atoms in total. The smallest absolute Gasteiger partial charge is 0.326 e. The lowest BCUT2D eigenvalue weighted by Gasteiger charge is -2.12. The highest BCUT2D eigenvalue weighted by Crippen LogP contribution is 2.10. The number of carboxylic acid groups (broad SMARTS) is 1. The first kappa shape index (κ1) is 16.6. The minimum Gasteiger partial charge on any atom is -0.493 e. The number of nitrogens with zero attached hydrogens (tertiary/aromatic N) is 1. The Morgan fingerprint density at radius 2 is 1.83 bits per heavy atom. The van der Waals surface area contributed by atoms with Crippen molar-refractivity contribution in [3.8, 4) is 11.5 Å². The third-order valence-corrected chi connectivity index (χ3v) is 3.27. The van der Waals surface area contributed by atoms with Crippen LogP contribution in [0.5, 0.6) is 11.5 Å². The van der Waals surface area contributed by atoms with Gasteiger partial charge in [0.1, 0.15) is 11.8 Å². The molecule has 1 aromatic heterocycles. The summed E-state index contributed by atoms with van der Waals surface area (Å²) < 4.78 is 12.1. The largest absolute Gasteiger partial charge is 0.493 e. The summed E-state index contributed by atoms with van der Waals surface area (Å²) in [6, 6.07) is 11.6. The quantitative estimate of drug-likeness (QED) is 0.756. The fourth-order valence-electron chi connectivity index (χ4n) is 1.97. The monoisotopic (exact) mass is 317 g/mol. The average Bonchev–Trinajstić information content (AvgIpc) is 2.56. The van der Waals surface area contributed by atoms with Gasteiger partial charge >= 0.3 is 5.97 Å².